The molecule has 1 N–H and O–H groups in total. The molecule has 0 saturated heterocycles. The zero-order valence-electron chi connectivity index (χ0n) is 16.8. The second-order valence-corrected chi connectivity index (χ2v) is 6.78. The molecule has 2 atom stereocenters. The minimum absolute atomic E-state index is 0.00504. The van der Waals surface area contributed by atoms with Crippen molar-refractivity contribution in [3.05, 3.63) is 94.5 Å². The number of hydrogen-bond acceptors (Lipinski definition) is 4. The molecule has 1 aromatic heterocycles. The van der Waals surface area contributed by atoms with Gasteiger partial charge in [0, 0.05) is 11.5 Å². The van der Waals surface area contributed by atoms with Crippen molar-refractivity contribution in [2.75, 3.05) is 6.61 Å². The molecule has 1 aliphatic rings. The Bertz CT molecular complexity index is 909. The second kappa shape index (κ2) is 9.79. The van der Waals surface area contributed by atoms with Crippen LogP contribution in [0.1, 0.15) is 50.0 Å². The normalized spacial score (nSPS) is 19.2. The SMILES string of the molecule is C=C(OCC)/C(O)=C\C/C=C\c1occ(C2C=CC=CC2C)c(=O)c1C(=C)C. The van der Waals surface area contributed by atoms with Crippen LogP contribution in [-0.2, 0) is 4.74 Å². The molecule has 28 heavy (non-hydrogen) atoms. The van der Waals surface area contributed by atoms with Crippen LogP contribution in [-0.4, -0.2) is 11.7 Å². The third-order valence-electron chi connectivity index (χ3n) is 4.57. The maximum Gasteiger partial charge on any atom is 0.196 e. The summed E-state index contributed by atoms with van der Waals surface area (Å²) in [5.41, 5.74) is 1.71. The summed E-state index contributed by atoms with van der Waals surface area (Å²) in [6, 6.07) is 0. The lowest BCUT2D eigenvalue weighted by atomic mass is 9.84. The van der Waals surface area contributed by atoms with E-state index >= 15 is 0 Å². The standard InChI is InChI=1S/C24H28O4/c1-6-27-18(5)21(25)13-9-10-14-22-23(16(2)3)24(26)20(15-28-22)19-12-8-7-11-17(19)4/h7-8,10-15,17,19,25H,2,5-6,9H2,1,3-4H3/b14-10-,21-13+. The Balaban J connectivity index is 2.27. The van der Waals surface area contributed by atoms with Crippen molar-refractivity contribution in [3.8, 4) is 0 Å². The topological polar surface area (TPSA) is 59.7 Å². The van der Waals surface area contributed by atoms with E-state index in [0.29, 0.717) is 35.5 Å². The third kappa shape index (κ3) is 5.03. The highest BCUT2D eigenvalue weighted by Crippen LogP contribution is 2.29. The molecule has 148 valence electrons. The zero-order chi connectivity index (χ0) is 20.7. The van der Waals surface area contributed by atoms with Crippen molar-refractivity contribution < 1.29 is 14.3 Å². The average molecular weight is 380 g/mol. The first-order valence-electron chi connectivity index (χ1n) is 9.41. The summed E-state index contributed by atoms with van der Waals surface area (Å²) in [5.74, 6) is 0.897. The first-order valence-corrected chi connectivity index (χ1v) is 9.41. The third-order valence-corrected chi connectivity index (χ3v) is 4.57. The van der Waals surface area contributed by atoms with Crippen molar-refractivity contribution in [2.24, 2.45) is 5.92 Å². The van der Waals surface area contributed by atoms with Crippen LogP contribution in [0.4, 0.5) is 0 Å². The van der Waals surface area contributed by atoms with E-state index in [4.69, 9.17) is 9.15 Å². The molecule has 0 spiro atoms. The van der Waals surface area contributed by atoms with Gasteiger partial charge in [-0.05, 0) is 43.9 Å². The lowest BCUT2D eigenvalue weighted by molar-refractivity contribution is 0.209. The van der Waals surface area contributed by atoms with Crippen LogP contribution in [0.15, 0.2) is 76.6 Å². The van der Waals surface area contributed by atoms with Crippen LogP contribution < -0.4 is 5.43 Å². The number of ether oxygens (including phenoxy) is 1. The van der Waals surface area contributed by atoms with E-state index in [9.17, 15) is 9.90 Å². The summed E-state index contributed by atoms with van der Waals surface area (Å²) < 4.78 is 10.9. The Morgan fingerprint density at radius 2 is 2.04 bits per heavy atom. The highest BCUT2D eigenvalue weighted by atomic mass is 16.5. The Morgan fingerprint density at radius 3 is 2.68 bits per heavy atom. The fourth-order valence-electron chi connectivity index (χ4n) is 3.07. The highest BCUT2D eigenvalue weighted by molar-refractivity contribution is 5.69. The van der Waals surface area contributed by atoms with Gasteiger partial charge in [-0.3, -0.25) is 4.79 Å². The fraction of sp³-hybridized carbons (Fsp3) is 0.292. The molecule has 1 aromatic rings. The number of rotatable bonds is 8. The summed E-state index contributed by atoms with van der Waals surface area (Å²) >= 11 is 0. The van der Waals surface area contributed by atoms with Gasteiger partial charge in [0.15, 0.2) is 16.9 Å². The van der Waals surface area contributed by atoms with Gasteiger partial charge in [0.25, 0.3) is 0 Å². The van der Waals surface area contributed by atoms with Gasteiger partial charge in [-0.1, -0.05) is 50.5 Å². The summed E-state index contributed by atoms with van der Waals surface area (Å²) in [4.78, 5) is 13.1. The molecule has 0 aliphatic heterocycles. The van der Waals surface area contributed by atoms with Gasteiger partial charge in [0.1, 0.15) is 5.76 Å². The largest absolute Gasteiger partial charge is 0.504 e. The second-order valence-electron chi connectivity index (χ2n) is 6.78. The molecule has 0 fully saturated rings. The van der Waals surface area contributed by atoms with E-state index < -0.39 is 0 Å². The smallest absolute Gasteiger partial charge is 0.196 e. The van der Waals surface area contributed by atoms with Crippen LogP contribution in [0, 0.1) is 5.92 Å². The number of hydrogen-bond donors (Lipinski definition) is 1. The maximum atomic E-state index is 13.1. The van der Waals surface area contributed by atoms with Gasteiger partial charge in [-0.25, -0.2) is 0 Å². The van der Waals surface area contributed by atoms with Gasteiger partial charge < -0.3 is 14.3 Å². The Hall–Kier alpha value is -3.01. The molecule has 0 radical (unpaired) electrons. The predicted octanol–water partition coefficient (Wildman–Crippen LogP) is 5.91. The van der Waals surface area contributed by atoms with Gasteiger partial charge in [-0.15, -0.1) is 0 Å². The van der Waals surface area contributed by atoms with Crippen LogP contribution in [0.2, 0.25) is 0 Å². The summed E-state index contributed by atoms with van der Waals surface area (Å²) in [7, 11) is 0. The van der Waals surface area contributed by atoms with E-state index in [1.165, 1.54) is 0 Å². The minimum Gasteiger partial charge on any atom is -0.504 e. The molecule has 1 heterocycles. The molecule has 0 saturated carbocycles. The van der Waals surface area contributed by atoms with E-state index in [1.807, 2.05) is 25.2 Å². The maximum absolute atomic E-state index is 13.1. The minimum atomic E-state index is -0.0571. The van der Waals surface area contributed by atoms with Crippen LogP contribution in [0.25, 0.3) is 11.6 Å². The number of aliphatic hydroxyl groups is 1. The van der Waals surface area contributed by atoms with E-state index in [0.717, 1.165) is 0 Å². The summed E-state index contributed by atoms with van der Waals surface area (Å²) in [5, 5.41) is 9.84. The summed E-state index contributed by atoms with van der Waals surface area (Å²) in [6.45, 7) is 13.7. The lowest BCUT2D eigenvalue weighted by Crippen LogP contribution is -2.20. The van der Waals surface area contributed by atoms with Crippen molar-refractivity contribution in [1.82, 2.24) is 0 Å². The fourth-order valence-corrected chi connectivity index (χ4v) is 3.07. The highest BCUT2D eigenvalue weighted by Gasteiger charge is 2.23. The van der Waals surface area contributed by atoms with Gasteiger partial charge in [0.05, 0.1) is 18.4 Å². The quantitative estimate of drug-likeness (QED) is 0.450. The van der Waals surface area contributed by atoms with Crippen molar-refractivity contribution in [1.29, 1.82) is 0 Å². The first kappa shape index (κ1) is 21.3. The molecular weight excluding hydrogens is 352 g/mol. The molecule has 2 rings (SSSR count). The molecule has 0 aromatic carbocycles. The Labute approximate surface area is 166 Å². The zero-order valence-corrected chi connectivity index (χ0v) is 16.8. The van der Waals surface area contributed by atoms with Crippen LogP contribution >= 0.6 is 0 Å². The Kier molecular flexibility index (Phi) is 7.44. The van der Waals surface area contributed by atoms with Crippen LogP contribution in [0.3, 0.4) is 0 Å². The lowest BCUT2D eigenvalue weighted by Gasteiger charge is -2.20. The number of aliphatic hydroxyl groups excluding tert-OH is 1. The first-order chi connectivity index (χ1) is 13.4. The van der Waals surface area contributed by atoms with E-state index in [-0.39, 0.29) is 28.8 Å². The predicted molar refractivity (Wildman–Crippen MR) is 115 cm³/mol. The molecular formula is C24H28O4. The van der Waals surface area contributed by atoms with Gasteiger partial charge in [-0.2, -0.15) is 0 Å². The Morgan fingerprint density at radius 1 is 1.32 bits per heavy atom. The van der Waals surface area contributed by atoms with Crippen molar-refractivity contribution in [2.45, 2.75) is 33.1 Å². The molecule has 0 amide bonds. The number of allylic oxidation sites excluding steroid dienone is 7. The van der Waals surface area contributed by atoms with Gasteiger partial charge in [0.2, 0.25) is 0 Å². The molecule has 0 bridgehead atoms. The molecule has 4 nitrogen and oxygen atoms in total. The average Bonchev–Trinajstić information content (AvgIpc) is 2.65. The molecule has 1 aliphatic carbocycles. The van der Waals surface area contributed by atoms with Crippen molar-refractivity contribution in [3.63, 3.8) is 0 Å². The molecule has 4 heteroatoms. The molecule has 2 unspecified atom stereocenters. The summed E-state index contributed by atoms with van der Waals surface area (Å²) in [6.07, 6.45) is 15.1. The van der Waals surface area contributed by atoms with Crippen LogP contribution in [0.5, 0.6) is 0 Å². The van der Waals surface area contributed by atoms with E-state index in [2.05, 4.69) is 26.2 Å². The van der Waals surface area contributed by atoms with E-state index in [1.54, 1.807) is 31.4 Å². The van der Waals surface area contributed by atoms with Gasteiger partial charge >= 0.3 is 0 Å². The van der Waals surface area contributed by atoms with Crippen molar-refractivity contribution >= 4 is 11.6 Å². The monoisotopic (exact) mass is 380 g/mol.